The van der Waals surface area contributed by atoms with Crippen molar-refractivity contribution in [3.63, 3.8) is 0 Å². The SMILES string of the molecule is CC(C)=C/C=C(\C=O)C=C(C)C. The Hall–Kier alpha value is -1.11. The first kappa shape index (κ1) is 10.9. The molecule has 0 bridgehead atoms. The second-order valence-electron chi connectivity index (χ2n) is 3.25. The summed E-state index contributed by atoms with van der Waals surface area (Å²) in [7, 11) is 0. The van der Waals surface area contributed by atoms with Gasteiger partial charge in [0, 0.05) is 5.57 Å². The third-order valence-corrected chi connectivity index (χ3v) is 1.20. The van der Waals surface area contributed by atoms with Gasteiger partial charge in [0.1, 0.15) is 6.29 Å². The first-order chi connectivity index (χ1) is 5.56. The number of aldehydes is 1. The number of rotatable bonds is 3. The standard InChI is InChI=1S/C11H16O/c1-9(2)5-6-11(8-12)7-10(3)4/h5-8H,1-4H3/b11-6-. The van der Waals surface area contributed by atoms with Gasteiger partial charge in [-0.2, -0.15) is 0 Å². The van der Waals surface area contributed by atoms with Crippen molar-refractivity contribution in [2.24, 2.45) is 0 Å². The maximum absolute atomic E-state index is 10.5. The van der Waals surface area contributed by atoms with Crippen molar-refractivity contribution in [3.05, 3.63) is 34.9 Å². The molecule has 0 aliphatic rings. The maximum Gasteiger partial charge on any atom is 0.150 e. The van der Waals surface area contributed by atoms with Gasteiger partial charge in [-0.1, -0.05) is 29.4 Å². The molecule has 0 saturated carbocycles. The highest BCUT2D eigenvalue weighted by molar-refractivity contribution is 5.78. The van der Waals surface area contributed by atoms with Crippen LogP contribution in [-0.2, 0) is 4.79 Å². The van der Waals surface area contributed by atoms with E-state index < -0.39 is 0 Å². The minimum absolute atomic E-state index is 0.719. The lowest BCUT2D eigenvalue weighted by Gasteiger charge is -1.90. The monoisotopic (exact) mass is 164 g/mol. The summed E-state index contributed by atoms with van der Waals surface area (Å²) in [4.78, 5) is 10.5. The van der Waals surface area contributed by atoms with Gasteiger partial charge in [-0.25, -0.2) is 0 Å². The van der Waals surface area contributed by atoms with Crippen molar-refractivity contribution < 1.29 is 4.79 Å². The Bertz CT molecular complexity index is 234. The smallest absolute Gasteiger partial charge is 0.150 e. The average molecular weight is 164 g/mol. The number of carbonyl (C=O) groups is 1. The van der Waals surface area contributed by atoms with Crippen LogP contribution < -0.4 is 0 Å². The second kappa shape index (κ2) is 5.53. The zero-order valence-corrected chi connectivity index (χ0v) is 8.22. The zero-order chi connectivity index (χ0) is 9.56. The summed E-state index contributed by atoms with van der Waals surface area (Å²) in [6, 6.07) is 0. The highest BCUT2D eigenvalue weighted by atomic mass is 16.1. The minimum atomic E-state index is 0.719. The Labute approximate surface area is 74.5 Å². The lowest BCUT2D eigenvalue weighted by Crippen LogP contribution is -1.79. The van der Waals surface area contributed by atoms with Crippen LogP contribution in [0.15, 0.2) is 34.9 Å². The summed E-state index contributed by atoms with van der Waals surface area (Å²) in [5, 5.41) is 0. The van der Waals surface area contributed by atoms with Crippen molar-refractivity contribution in [1.29, 1.82) is 0 Å². The van der Waals surface area contributed by atoms with E-state index in [4.69, 9.17) is 0 Å². The molecule has 0 radical (unpaired) electrons. The van der Waals surface area contributed by atoms with E-state index >= 15 is 0 Å². The van der Waals surface area contributed by atoms with E-state index in [9.17, 15) is 4.79 Å². The molecule has 0 aliphatic heterocycles. The number of carbonyl (C=O) groups excluding carboxylic acids is 1. The van der Waals surface area contributed by atoms with Crippen molar-refractivity contribution in [3.8, 4) is 0 Å². The molecule has 0 fully saturated rings. The predicted octanol–water partition coefficient (Wildman–Crippen LogP) is 3.04. The third-order valence-electron chi connectivity index (χ3n) is 1.20. The summed E-state index contributed by atoms with van der Waals surface area (Å²) in [6.07, 6.45) is 6.50. The van der Waals surface area contributed by atoms with E-state index in [-0.39, 0.29) is 0 Å². The van der Waals surface area contributed by atoms with Gasteiger partial charge in [-0.05, 0) is 27.7 Å². The summed E-state index contributed by atoms with van der Waals surface area (Å²) >= 11 is 0. The Morgan fingerprint density at radius 2 is 1.50 bits per heavy atom. The van der Waals surface area contributed by atoms with Crippen molar-refractivity contribution in [2.45, 2.75) is 27.7 Å². The molecule has 0 unspecified atom stereocenters. The van der Waals surface area contributed by atoms with Crippen molar-refractivity contribution in [1.82, 2.24) is 0 Å². The van der Waals surface area contributed by atoms with Gasteiger partial charge in [-0.3, -0.25) is 4.79 Å². The molecule has 0 rings (SSSR count). The van der Waals surface area contributed by atoms with Crippen LogP contribution in [-0.4, -0.2) is 6.29 Å². The van der Waals surface area contributed by atoms with Crippen molar-refractivity contribution in [2.75, 3.05) is 0 Å². The maximum atomic E-state index is 10.5. The van der Waals surface area contributed by atoms with E-state index in [1.807, 2.05) is 45.9 Å². The molecule has 66 valence electrons. The van der Waals surface area contributed by atoms with Crippen molar-refractivity contribution >= 4 is 6.29 Å². The molecule has 12 heavy (non-hydrogen) atoms. The van der Waals surface area contributed by atoms with E-state index in [1.54, 1.807) is 0 Å². The first-order valence-corrected chi connectivity index (χ1v) is 4.01. The molecule has 0 aliphatic carbocycles. The number of hydrogen-bond acceptors (Lipinski definition) is 1. The van der Waals surface area contributed by atoms with Crippen LogP contribution in [0.4, 0.5) is 0 Å². The molecule has 0 aromatic rings. The first-order valence-electron chi connectivity index (χ1n) is 4.01. The summed E-state index contributed by atoms with van der Waals surface area (Å²) in [5.74, 6) is 0. The largest absolute Gasteiger partial charge is 0.298 e. The highest BCUT2D eigenvalue weighted by Crippen LogP contribution is 2.00. The second-order valence-corrected chi connectivity index (χ2v) is 3.25. The fourth-order valence-corrected chi connectivity index (χ4v) is 0.718. The van der Waals surface area contributed by atoms with Crippen LogP contribution in [0.25, 0.3) is 0 Å². The molecule has 0 atom stereocenters. The van der Waals surface area contributed by atoms with E-state index in [1.165, 1.54) is 5.57 Å². The van der Waals surface area contributed by atoms with Gasteiger partial charge >= 0.3 is 0 Å². The minimum Gasteiger partial charge on any atom is -0.298 e. The molecular weight excluding hydrogens is 148 g/mol. The molecular formula is C11H16O. The lowest BCUT2D eigenvalue weighted by molar-refractivity contribution is -0.104. The number of hydrogen-bond donors (Lipinski definition) is 0. The van der Waals surface area contributed by atoms with Crippen LogP contribution in [0.3, 0.4) is 0 Å². The van der Waals surface area contributed by atoms with Crippen LogP contribution in [0.5, 0.6) is 0 Å². The fraction of sp³-hybridized carbons (Fsp3) is 0.364. The Kier molecular flexibility index (Phi) is 5.02. The van der Waals surface area contributed by atoms with Gasteiger partial charge < -0.3 is 0 Å². The Morgan fingerprint density at radius 1 is 0.917 bits per heavy atom. The Balaban J connectivity index is 4.56. The van der Waals surface area contributed by atoms with Gasteiger partial charge in [0.2, 0.25) is 0 Å². The third kappa shape index (κ3) is 5.66. The van der Waals surface area contributed by atoms with Gasteiger partial charge in [-0.15, -0.1) is 0 Å². The molecule has 1 nitrogen and oxygen atoms in total. The van der Waals surface area contributed by atoms with Gasteiger partial charge in [0.15, 0.2) is 0 Å². The number of allylic oxidation sites excluding steroid dienone is 6. The van der Waals surface area contributed by atoms with Gasteiger partial charge in [0.05, 0.1) is 0 Å². The zero-order valence-electron chi connectivity index (χ0n) is 8.22. The average Bonchev–Trinajstić information content (AvgIpc) is 1.97. The van der Waals surface area contributed by atoms with E-state index in [0.717, 1.165) is 17.4 Å². The molecule has 0 spiro atoms. The van der Waals surface area contributed by atoms with Crippen LogP contribution >= 0.6 is 0 Å². The molecule has 0 saturated heterocycles. The molecule has 0 heterocycles. The van der Waals surface area contributed by atoms with Gasteiger partial charge in [0.25, 0.3) is 0 Å². The molecule has 0 amide bonds. The van der Waals surface area contributed by atoms with E-state index in [0.29, 0.717) is 0 Å². The summed E-state index contributed by atoms with van der Waals surface area (Å²) in [6.45, 7) is 7.95. The Morgan fingerprint density at radius 3 is 1.83 bits per heavy atom. The molecule has 1 heteroatoms. The molecule has 0 aromatic heterocycles. The van der Waals surface area contributed by atoms with Crippen LogP contribution in [0.1, 0.15) is 27.7 Å². The molecule has 0 aromatic carbocycles. The molecule has 0 N–H and O–H groups in total. The van der Waals surface area contributed by atoms with E-state index in [2.05, 4.69) is 0 Å². The van der Waals surface area contributed by atoms with Crippen LogP contribution in [0.2, 0.25) is 0 Å². The topological polar surface area (TPSA) is 17.1 Å². The quantitative estimate of drug-likeness (QED) is 0.356. The summed E-state index contributed by atoms with van der Waals surface area (Å²) in [5.41, 5.74) is 3.04. The normalized spacial score (nSPS) is 10.5. The highest BCUT2D eigenvalue weighted by Gasteiger charge is 1.87. The fourth-order valence-electron chi connectivity index (χ4n) is 0.718. The predicted molar refractivity (Wildman–Crippen MR) is 53.0 cm³/mol. The van der Waals surface area contributed by atoms with Crippen LogP contribution in [0, 0.1) is 0 Å². The summed E-state index contributed by atoms with van der Waals surface area (Å²) < 4.78 is 0. The lowest BCUT2D eigenvalue weighted by atomic mass is 10.2.